The van der Waals surface area contributed by atoms with Crippen LogP contribution >= 0.6 is 27.7 Å². The molecule has 1 saturated heterocycles. The van der Waals surface area contributed by atoms with E-state index < -0.39 is 0 Å². The molecular formula is C30H23BrN2OS. The molecule has 0 N–H and O–H groups in total. The Balaban J connectivity index is 1.67. The van der Waals surface area contributed by atoms with Crippen molar-refractivity contribution in [1.82, 2.24) is 0 Å². The average Bonchev–Trinajstić information content (AvgIpc) is 3.23. The number of halogens is 1. The molecule has 1 fully saturated rings. The molecule has 1 aliphatic heterocycles. The first kappa shape index (κ1) is 23.3. The maximum Gasteiger partial charge on any atom is 0.279 e. The Labute approximate surface area is 218 Å². The van der Waals surface area contributed by atoms with E-state index in [0.717, 1.165) is 26.2 Å². The SMILES string of the molecule is Cc1ccc(N2C(=NC(=O)c3ccccc3)S/C(=C\c3ccccc3)C2c2ccc(Br)cc2)cc1. The number of carbonyl (C=O) groups excluding carboxylic acids is 1. The zero-order chi connectivity index (χ0) is 24.2. The van der Waals surface area contributed by atoms with Gasteiger partial charge < -0.3 is 4.90 Å². The van der Waals surface area contributed by atoms with Crippen LogP contribution in [0.25, 0.3) is 6.08 Å². The summed E-state index contributed by atoms with van der Waals surface area (Å²) in [5.41, 5.74) is 4.98. The van der Waals surface area contributed by atoms with Crippen LogP contribution in [0.5, 0.6) is 0 Å². The zero-order valence-electron chi connectivity index (χ0n) is 19.1. The van der Waals surface area contributed by atoms with Gasteiger partial charge in [-0.3, -0.25) is 4.79 Å². The summed E-state index contributed by atoms with van der Waals surface area (Å²) >= 11 is 5.11. The molecule has 0 radical (unpaired) electrons. The van der Waals surface area contributed by atoms with Gasteiger partial charge in [-0.1, -0.05) is 106 Å². The van der Waals surface area contributed by atoms with Crippen molar-refractivity contribution in [2.45, 2.75) is 13.0 Å². The number of aryl methyl sites for hydroxylation is 1. The molecule has 0 aromatic heterocycles. The van der Waals surface area contributed by atoms with E-state index in [2.05, 4.69) is 99.5 Å². The van der Waals surface area contributed by atoms with Crippen LogP contribution in [0.3, 0.4) is 0 Å². The standard InChI is InChI=1S/C30H23BrN2OS/c1-21-12-18-26(19-13-21)33-28(23-14-16-25(31)17-15-23)27(20-22-8-4-2-5-9-22)35-30(33)32-29(34)24-10-6-3-7-11-24/h2-20,28H,1H3/b27-20-,32-30?. The molecule has 3 nitrogen and oxygen atoms in total. The Morgan fingerprint density at radius 1 is 0.857 bits per heavy atom. The minimum Gasteiger partial charge on any atom is -0.308 e. The summed E-state index contributed by atoms with van der Waals surface area (Å²) in [7, 11) is 0. The third kappa shape index (κ3) is 5.31. The van der Waals surface area contributed by atoms with Gasteiger partial charge in [-0.15, -0.1) is 0 Å². The van der Waals surface area contributed by atoms with E-state index in [4.69, 9.17) is 0 Å². The van der Waals surface area contributed by atoms with Crippen LogP contribution < -0.4 is 4.90 Å². The molecule has 1 heterocycles. The lowest BCUT2D eigenvalue weighted by Gasteiger charge is -2.27. The first-order valence-electron chi connectivity index (χ1n) is 11.3. The van der Waals surface area contributed by atoms with E-state index >= 15 is 0 Å². The number of rotatable bonds is 4. The second kappa shape index (κ2) is 10.5. The zero-order valence-corrected chi connectivity index (χ0v) is 21.5. The maximum absolute atomic E-state index is 13.1. The van der Waals surface area contributed by atoms with Crippen LogP contribution in [-0.2, 0) is 0 Å². The lowest BCUT2D eigenvalue weighted by atomic mass is 10.0. The first-order valence-corrected chi connectivity index (χ1v) is 12.9. The summed E-state index contributed by atoms with van der Waals surface area (Å²) in [6, 6.07) is 36.1. The molecule has 5 rings (SSSR count). The Hall–Kier alpha value is -3.41. The van der Waals surface area contributed by atoms with E-state index in [9.17, 15) is 4.79 Å². The van der Waals surface area contributed by atoms with Gasteiger partial charge in [0.05, 0.1) is 6.04 Å². The molecule has 1 amide bonds. The van der Waals surface area contributed by atoms with Crippen LogP contribution in [0.1, 0.15) is 33.1 Å². The minimum absolute atomic E-state index is 0.113. The maximum atomic E-state index is 13.1. The smallest absolute Gasteiger partial charge is 0.279 e. The summed E-state index contributed by atoms with van der Waals surface area (Å²) < 4.78 is 1.02. The van der Waals surface area contributed by atoms with Gasteiger partial charge in [-0.05, 0) is 60.5 Å². The molecule has 0 bridgehead atoms. The third-order valence-electron chi connectivity index (χ3n) is 5.77. The highest BCUT2D eigenvalue weighted by Gasteiger charge is 2.37. The number of hydrogen-bond acceptors (Lipinski definition) is 2. The van der Waals surface area contributed by atoms with Gasteiger partial charge >= 0.3 is 0 Å². The normalized spacial score (nSPS) is 17.8. The molecule has 4 aromatic rings. The van der Waals surface area contributed by atoms with Crippen molar-refractivity contribution < 1.29 is 4.79 Å². The number of benzene rings is 4. The van der Waals surface area contributed by atoms with Crippen molar-refractivity contribution in [2.24, 2.45) is 4.99 Å². The number of amidine groups is 1. The van der Waals surface area contributed by atoms with Crippen LogP contribution in [0, 0.1) is 6.92 Å². The number of anilines is 1. The number of thioether (sulfide) groups is 1. The fourth-order valence-electron chi connectivity index (χ4n) is 4.00. The molecule has 5 heteroatoms. The molecule has 0 aliphatic carbocycles. The lowest BCUT2D eigenvalue weighted by molar-refractivity contribution is 0.100. The van der Waals surface area contributed by atoms with Crippen LogP contribution in [-0.4, -0.2) is 11.1 Å². The average molecular weight is 539 g/mol. The van der Waals surface area contributed by atoms with Gasteiger partial charge in [0.2, 0.25) is 0 Å². The van der Waals surface area contributed by atoms with Crippen LogP contribution in [0.4, 0.5) is 5.69 Å². The lowest BCUT2D eigenvalue weighted by Crippen LogP contribution is -2.28. The molecule has 1 aliphatic rings. The van der Waals surface area contributed by atoms with Crippen molar-refractivity contribution >= 4 is 50.5 Å². The van der Waals surface area contributed by atoms with Crippen LogP contribution in [0.2, 0.25) is 0 Å². The Bertz CT molecular complexity index is 1380. The number of hydrogen-bond donors (Lipinski definition) is 0. The van der Waals surface area contributed by atoms with Gasteiger partial charge in [-0.2, -0.15) is 4.99 Å². The predicted octanol–water partition coefficient (Wildman–Crippen LogP) is 8.29. The van der Waals surface area contributed by atoms with E-state index in [1.165, 1.54) is 5.56 Å². The third-order valence-corrected chi connectivity index (χ3v) is 7.34. The molecule has 1 unspecified atom stereocenters. The molecule has 172 valence electrons. The summed E-state index contributed by atoms with van der Waals surface area (Å²) in [5, 5.41) is 0.665. The number of amides is 1. The number of nitrogens with zero attached hydrogens (tertiary/aromatic N) is 2. The van der Waals surface area contributed by atoms with E-state index in [1.54, 1.807) is 23.9 Å². The van der Waals surface area contributed by atoms with Gasteiger partial charge in [0, 0.05) is 20.6 Å². The van der Waals surface area contributed by atoms with Crippen molar-refractivity contribution in [2.75, 3.05) is 4.90 Å². The molecule has 1 atom stereocenters. The summed E-state index contributed by atoms with van der Waals surface area (Å²) in [6.45, 7) is 2.07. The van der Waals surface area contributed by atoms with Gasteiger partial charge in [0.1, 0.15) is 0 Å². The highest BCUT2D eigenvalue weighted by Crippen LogP contribution is 2.48. The summed E-state index contributed by atoms with van der Waals surface area (Å²) in [4.78, 5) is 21.0. The van der Waals surface area contributed by atoms with Gasteiger partial charge in [0.15, 0.2) is 5.17 Å². The number of carbonyl (C=O) groups is 1. The molecule has 4 aromatic carbocycles. The van der Waals surface area contributed by atoms with Crippen LogP contribution in [0.15, 0.2) is 124 Å². The topological polar surface area (TPSA) is 32.7 Å². The predicted molar refractivity (Wildman–Crippen MR) is 151 cm³/mol. The van der Waals surface area contributed by atoms with E-state index in [-0.39, 0.29) is 11.9 Å². The van der Waals surface area contributed by atoms with E-state index in [0.29, 0.717) is 10.7 Å². The van der Waals surface area contributed by atoms with Gasteiger partial charge in [0.25, 0.3) is 5.91 Å². The largest absolute Gasteiger partial charge is 0.308 e. The molecule has 0 saturated carbocycles. The summed E-state index contributed by atoms with van der Waals surface area (Å²) in [6.07, 6.45) is 2.19. The summed E-state index contributed by atoms with van der Waals surface area (Å²) in [5.74, 6) is -0.249. The minimum atomic E-state index is -0.249. The second-order valence-corrected chi connectivity index (χ2v) is 10.2. The Morgan fingerprint density at radius 3 is 2.14 bits per heavy atom. The van der Waals surface area contributed by atoms with E-state index in [1.807, 2.05) is 36.4 Å². The number of aliphatic imine (C=N–C) groups is 1. The molecular weight excluding hydrogens is 516 g/mol. The molecule has 0 spiro atoms. The highest BCUT2D eigenvalue weighted by molar-refractivity contribution is 9.10. The van der Waals surface area contributed by atoms with Crippen molar-refractivity contribution in [3.05, 3.63) is 141 Å². The van der Waals surface area contributed by atoms with Crippen molar-refractivity contribution in [3.8, 4) is 0 Å². The van der Waals surface area contributed by atoms with Crippen molar-refractivity contribution in [1.29, 1.82) is 0 Å². The first-order chi connectivity index (χ1) is 17.1. The quantitative estimate of drug-likeness (QED) is 0.262. The van der Waals surface area contributed by atoms with Crippen molar-refractivity contribution in [3.63, 3.8) is 0 Å². The fraction of sp³-hybridized carbons (Fsp3) is 0.0667. The highest BCUT2D eigenvalue weighted by atomic mass is 79.9. The Kier molecular flexibility index (Phi) is 6.98. The Morgan fingerprint density at radius 2 is 1.49 bits per heavy atom. The fourth-order valence-corrected chi connectivity index (χ4v) is 5.46. The monoisotopic (exact) mass is 538 g/mol. The van der Waals surface area contributed by atoms with Gasteiger partial charge in [-0.25, -0.2) is 0 Å². The molecule has 35 heavy (non-hydrogen) atoms. The second-order valence-electron chi connectivity index (χ2n) is 8.28.